The first kappa shape index (κ1) is 26.8. The zero-order valence-electron chi connectivity index (χ0n) is 18.2. The zero-order chi connectivity index (χ0) is 25.6. The van der Waals surface area contributed by atoms with Crippen molar-refractivity contribution in [1.29, 1.82) is 0 Å². The molecule has 35 heavy (non-hydrogen) atoms. The van der Waals surface area contributed by atoms with Crippen LogP contribution in [0.2, 0.25) is 5.02 Å². The first-order valence-corrected chi connectivity index (χ1v) is 10.9. The molecule has 1 fully saturated rings. The van der Waals surface area contributed by atoms with Crippen LogP contribution in [0.3, 0.4) is 0 Å². The van der Waals surface area contributed by atoms with Crippen LogP contribution in [0.15, 0.2) is 34.0 Å². The normalized spacial score (nSPS) is 16.0. The summed E-state index contributed by atoms with van der Waals surface area (Å²) in [6.45, 7) is -1.70. The highest BCUT2D eigenvalue weighted by Gasteiger charge is 2.43. The van der Waals surface area contributed by atoms with Crippen LogP contribution in [0.25, 0.3) is 5.69 Å². The van der Waals surface area contributed by atoms with Crippen molar-refractivity contribution in [2.24, 2.45) is 0 Å². The Morgan fingerprint density at radius 1 is 1.17 bits per heavy atom. The van der Waals surface area contributed by atoms with E-state index in [1.807, 2.05) is 0 Å². The monoisotopic (exact) mass is 522 g/mol. The lowest BCUT2D eigenvalue weighted by Gasteiger charge is -2.27. The molecule has 0 atom stereocenters. The second-order valence-corrected chi connectivity index (χ2v) is 8.53. The van der Waals surface area contributed by atoms with Gasteiger partial charge in [-0.05, 0) is 44.6 Å². The van der Waals surface area contributed by atoms with E-state index in [-0.39, 0.29) is 27.4 Å². The van der Waals surface area contributed by atoms with Crippen LogP contribution in [0.4, 0.5) is 13.6 Å². The predicted octanol–water partition coefficient (Wildman–Crippen LogP) is 2.18. The van der Waals surface area contributed by atoms with E-state index >= 15 is 0 Å². The Hall–Kier alpha value is -2.78. The number of carbonyl (C=O) groups is 1. The Labute approximate surface area is 200 Å². The fraction of sp³-hybridized carbons (Fsp3) is 0.500. The van der Waals surface area contributed by atoms with Gasteiger partial charge >= 0.3 is 11.6 Å². The van der Waals surface area contributed by atoms with Gasteiger partial charge in [0.05, 0.1) is 21.9 Å². The molecule has 1 aliphatic rings. The average Bonchev–Trinajstić information content (AvgIpc) is 3.07. The summed E-state index contributed by atoms with van der Waals surface area (Å²) in [5.74, 6) is -4.20. The van der Waals surface area contributed by atoms with E-state index in [2.05, 4.69) is 25.2 Å². The van der Waals surface area contributed by atoms with Crippen LogP contribution in [0.5, 0.6) is 0 Å². The lowest BCUT2D eigenvalue weighted by molar-refractivity contribution is -0.476. The lowest BCUT2D eigenvalue weighted by atomic mass is 9.94. The molecule has 0 aliphatic heterocycles. The Kier molecular flexibility index (Phi) is 8.66. The number of amides is 1. The van der Waals surface area contributed by atoms with Crippen LogP contribution in [0.1, 0.15) is 48.9 Å². The van der Waals surface area contributed by atoms with Gasteiger partial charge in [0.2, 0.25) is 0 Å². The van der Waals surface area contributed by atoms with Gasteiger partial charge in [0, 0.05) is 6.54 Å². The third-order valence-corrected chi connectivity index (χ3v) is 6.08. The van der Waals surface area contributed by atoms with Crippen molar-refractivity contribution in [3.05, 3.63) is 55.8 Å². The first-order valence-electron chi connectivity index (χ1n) is 10.6. The molecule has 0 unspecified atom stereocenters. The summed E-state index contributed by atoms with van der Waals surface area (Å²) in [4.78, 5) is 47.2. The minimum Gasteiger partial charge on any atom is -0.388 e. The van der Waals surface area contributed by atoms with Crippen molar-refractivity contribution in [2.75, 3.05) is 13.2 Å². The molecule has 0 spiro atoms. The van der Waals surface area contributed by atoms with Gasteiger partial charge in [0.15, 0.2) is 6.61 Å². The number of carbonyl (C=O) groups excluding carboxylic acids is 1. The van der Waals surface area contributed by atoms with Crippen molar-refractivity contribution < 1.29 is 38.3 Å². The first-order chi connectivity index (χ1) is 16.7. The molecule has 1 aromatic carbocycles. The Morgan fingerprint density at radius 2 is 1.83 bits per heavy atom. The van der Waals surface area contributed by atoms with Crippen molar-refractivity contribution in [3.63, 3.8) is 0 Å². The summed E-state index contributed by atoms with van der Waals surface area (Å²) in [6.07, 6.45) is 5.17. The number of aromatic nitrogens is 3. The van der Waals surface area contributed by atoms with Gasteiger partial charge in [-0.25, -0.2) is 4.79 Å². The highest BCUT2D eigenvalue weighted by Crippen LogP contribution is 2.27. The second-order valence-electron chi connectivity index (χ2n) is 8.12. The molecule has 0 radical (unpaired) electrons. The van der Waals surface area contributed by atoms with Gasteiger partial charge < -0.3 is 10.4 Å². The SMILES string of the molecule is O=C(NCC1(O)CCCCCC1)c1cc(-n2ncc(=O)n(C(COF)(OF)OF)c2=O)ccc1Cl. The molecule has 1 saturated carbocycles. The third-order valence-electron chi connectivity index (χ3n) is 5.75. The van der Waals surface area contributed by atoms with Gasteiger partial charge in [-0.2, -0.15) is 19.3 Å². The van der Waals surface area contributed by atoms with Gasteiger partial charge in [-0.3, -0.25) is 9.59 Å². The van der Waals surface area contributed by atoms with E-state index < -0.39 is 35.3 Å². The molecule has 1 amide bonds. The van der Waals surface area contributed by atoms with Gasteiger partial charge in [-0.1, -0.05) is 37.3 Å². The molecule has 192 valence electrons. The minimum absolute atomic E-state index is 0.0140. The molecule has 1 aliphatic carbocycles. The van der Waals surface area contributed by atoms with Crippen LogP contribution >= 0.6 is 11.6 Å². The molecule has 11 nitrogen and oxygen atoms in total. The standard InChI is InChI=1S/C20H22ClF3N4O7/c21-15-6-5-13(9-14(15)17(30)25-11-19(32)7-3-1-2-4-8-19)28-18(31)27(16(29)10-26-28)20(34-23,35-24)12-33-22/h5-6,9-10,32H,1-4,7-8,11-12H2,(H,25,30). The number of benzene rings is 1. The fourth-order valence-electron chi connectivity index (χ4n) is 3.88. The van der Waals surface area contributed by atoms with Gasteiger partial charge in [0.25, 0.3) is 11.5 Å². The third kappa shape index (κ3) is 5.73. The average molecular weight is 523 g/mol. The number of nitrogens with one attached hydrogen (secondary N) is 1. The van der Waals surface area contributed by atoms with Crippen LogP contribution in [-0.4, -0.2) is 44.1 Å². The summed E-state index contributed by atoms with van der Waals surface area (Å²) >= 11 is 6.13. The van der Waals surface area contributed by atoms with Crippen molar-refractivity contribution in [2.45, 2.75) is 50.0 Å². The molecule has 15 heteroatoms. The van der Waals surface area contributed by atoms with Crippen molar-refractivity contribution >= 4 is 17.5 Å². The summed E-state index contributed by atoms with van der Waals surface area (Å²) in [5.41, 5.74) is -4.27. The largest absolute Gasteiger partial charge is 0.388 e. The van der Waals surface area contributed by atoms with Gasteiger partial charge in [-0.15, -0.1) is 9.88 Å². The van der Waals surface area contributed by atoms with Crippen molar-refractivity contribution in [3.8, 4) is 5.69 Å². The molecule has 2 aromatic rings. The number of aliphatic hydroxyl groups is 1. The number of nitrogens with zero attached hydrogens (tertiary/aromatic N) is 3. The molecule has 0 saturated heterocycles. The Bertz CT molecular complexity index is 1160. The molecule has 1 aromatic heterocycles. The minimum atomic E-state index is -3.53. The van der Waals surface area contributed by atoms with E-state index in [0.29, 0.717) is 23.7 Å². The highest BCUT2D eigenvalue weighted by molar-refractivity contribution is 6.33. The van der Waals surface area contributed by atoms with Crippen LogP contribution in [0, 0.1) is 0 Å². The molecule has 1 heterocycles. The summed E-state index contributed by atoms with van der Waals surface area (Å²) < 4.78 is 38.7. The highest BCUT2D eigenvalue weighted by atomic mass is 35.5. The maximum absolute atomic E-state index is 13.1. The zero-order valence-corrected chi connectivity index (χ0v) is 19.0. The van der Waals surface area contributed by atoms with E-state index in [1.165, 1.54) is 12.1 Å². The molecular formula is C20H22ClF3N4O7. The van der Waals surface area contributed by atoms with Crippen LogP contribution in [-0.2, 0) is 20.7 Å². The molecule has 0 bridgehead atoms. The van der Waals surface area contributed by atoms with Crippen molar-refractivity contribution in [1.82, 2.24) is 19.7 Å². The lowest BCUT2D eigenvalue weighted by Crippen LogP contribution is -2.55. The number of rotatable bonds is 9. The smallest absolute Gasteiger partial charge is 0.357 e. The summed E-state index contributed by atoms with van der Waals surface area (Å²) in [5, 5.41) is 16.9. The number of hydrogen-bond donors (Lipinski definition) is 2. The number of halogens is 4. The quantitative estimate of drug-likeness (QED) is 0.378. The summed E-state index contributed by atoms with van der Waals surface area (Å²) in [7, 11) is 0. The Balaban J connectivity index is 1.95. The van der Waals surface area contributed by atoms with Gasteiger partial charge in [0.1, 0.15) is 6.20 Å². The maximum Gasteiger partial charge on any atom is 0.357 e. The number of hydrogen-bond acceptors (Lipinski definition) is 8. The predicted molar refractivity (Wildman–Crippen MR) is 114 cm³/mol. The molecule has 2 N–H and O–H groups in total. The van der Waals surface area contributed by atoms with E-state index in [0.717, 1.165) is 31.7 Å². The topological polar surface area (TPSA) is 134 Å². The summed E-state index contributed by atoms with van der Waals surface area (Å²) in [6, 6.07) is 3.59. The molecule has 3 rings (SSSR count). The van der Waals surface area contributed by atoms with E-state index in [4.69, 9.17) is 11.6 Å². The fourth-order valence-corrected chi connectivity index (χ4v) is 4.08. The van der Waals surface area contributed by atoms with E-state index in [1.54, 1.807) is 0 Å². The van der Waals surface area contributed by atoms with E-state index in [9.17, 15) is 33.1 Å². The Morgan fingerprint density at radius 3 is 2.43 bits per heavy atom. The van der Waals surface area contributed by atoms with Crippen LogP contribution < -0.4 is 16.6 Å². The maximum atomic E-state index is 13.1. The second kappa shape index (κ2) is 11.3. The molecular weight excluding hydrogens is 501 g/mol.